The normalized spacial score (nSPS) is 14.0. The number of hydrogen-bond donors (Lipinski definition) is 1. The highest BCUT2D eigenvalue weighted by atomic mass is 79.9. The fourth-order valence-corrected chi connectivity index (χ4v) is 6.75. The molecule has 3 aromatic rings. The van der Waals surface area contributed by atoms with Crippen molar-refractivity contribution in [3.8, 4) is 0 Å². The number of hydrogen-bond acceptors (Lipinski definition) is 5. The first-order chi connectivity index (χ1) is 12.9. The zero-order valence-electron chi connectivity index (χ0n) is 14.0. The zero-order chi connectivity index (χ0) is 19.0. The van der Waals surface area contributed by atoms with E-state index in [1.165, 1.54) is 11.3 Å². The van der Waals surface area contributed by atoms with Gasteiger partial charge >= 0.3 is 0 Å². The highest BCUT2D eigenvalue weighted by Crippen LogP contribution is 2.29. The Balaban J connectivity index is 1.55. The maximum atomic E-state index is 12.6. The molecule has 0 bridgehead atoms. The summed E-state index contributed by atoms with van der Waals surface area (Å²) in [6, 6.07) is 12.5. The summed E-state index contributed by atoms with van der Waals surface area (Å²) in [5.41, 5.74) is 2.62. The lowest BCUT2D eigenvalue weighted by atomic mass is 9.99. The molecule has 0 unspecified atom stereocenters. The summed E-state index contributed by atoms with van der Waals surface area (Å²) in [7, 11) is -3.62. The van der Waals surface area contributed by atoms with Gasteiger partial charge in [0.2, 0.25) is 0 Å². The fourth-order valence-electron chi connectivity index (χ4n) is 3.00. The summed E-state index contributed by atoms with van der Waals surface area (Å²) >= 11 is 5.88. The van der Waals surface area contributed by atoms with E-state index in [1.54, 1.807) is 18.2 Å². The lowest BCUT2D eigenvalue weighted by Crippen LogP contribution is -2.35. The smallest absolute Gasteiger partial charge is 0.271 e. The second kappa shape index (κ2) is 7.38. The van der Waals surface area contributed by atoms with E-state index in [4.69, 9.17) is 0 Å². The van der Waals surface area contributed by atoms with Gasteiger partial charge in [0.1, 0.15) is 4.21 Å². The number of nitrogens with one attached hydrogen (secondary N) is 1. The van der Waals surface area contributed by atoms with Crippen molar-refractivity contribution in [1.82, 2.24) is 4.90 Å². The summed E-state index contributed by atoms with van der Waals surface area (Å²) in [4.78, 5) is 15.1. The number of nitrogens with zero attached hydrogens (tertiary/aromatic N) is 1. The van der Waals surface area contributed by atoms with Crippen LogP contribution in [0.5, 0.6) is 0 Å². The van der Waals surface area contributed by atoms with Gasteiger partial charge in [0.25, 0.3) is 15.9 Å². The number of amides is 1. The van der Waals surface area contributed by atoms with Crippen LogP contribution in [0.3, 0.4) is 0 Å². The minimum atomic E-state index is -3.62. The third-order valence-corrected chi connectivity index (χ3v) is 8.66. The number of halogens is 1. The van der Waals surface area contributed by atoms with Gasteiger partial charge in [-0.3, -0.25) is 9.52 Å². The van der Waals surface area contributed by atoms with Gasteiger partial charge in [-0.25, -0.2) is 8.42 Å². The number of benzene rings is 1. The molecule has 0 saturated heterocycles. The van der Waals surface area contributed by atoms with Crippen LogP contribution in [0.4, 0.5) is 5.69 Å². The number of carbonyl (C=O) groups is 1. The Kier molecular flexibility index (Phi) is 5.11. The molecule has 2 aromatic heterocycles. The quantitative estimate of drug-likeness (QED) is 0.591. The lowest BCUT2D eigenvalue weighted by Gasteiger charge is -2.29. The van der Waals surface area contributed by atoms with E-state index in [2.05, 4.69) is 20.7 Å². The van der Waals surface area contributed by atoms with Crippen LogP contribution < -0.4 is 4.72 Å². The van der Waals surface area contributed by atoms with Crippen LogP contribution in [0, 0.1) is 0 Å². The topological polar surface area (TPSA) is 66.5 Å². The third kappa shape index (κ3) is 3.96. The number of sulfonamides is 1. The van der Waals surface area contributed by atoms with Crippen molar-refractivity contribution in [2.75, 3.05) is 11.3 Å². The molecule has 27 heavy (non-hydrogen) atoms. The van der Waals surface area contributed by atoms with Crippen LogP contribution in [0.1, 0.15) is 20.8 Å². The molecule has 0 fully saturated rings. The fraction of sp³-hybridized carbons (Fsp3) is 0.167. The van der Waals surface area contributed by atoms with Crippen molar-refractivity contribution < 1.29 is 13.2 Å². The molecule has 5 nitrogen and oxygen atoms in total. The van der Waals surface area contributed by atoms with Gasteiger partial charge in [0, 0.05) is 18.8 Å². The van der Waals surface area contributed by atoms with Gasteiger partial charge in [0.15, 0.2) is 0 Å². The molecule has 0 atom stereocenters. The van der Waals surface area contributed by atoms with Gasteiger partial charge in [-0.15, -0.1) is 22.7 Å². The first-order valence-electron chi connectivity index (χ1n) is 8.15. The van der Waals surface area contributed by atoms with E-state index in [9.17, 15) is 13.2 Å². The first kappa shape index (κ1) is 18.7. The number of carbonyl (C=O) groups excluding carboxylic acids is 1. The SMILES string of the molecule is O=C(c1cccs1)N1CCc2ccc(NS(=O)(=O)c3ccc(Br)s3)cc2C1. The molecular formula is C18H15BrN2O3S3. The Labute approximate surface area is 173 Å². The van der Waals surface area contributed by atoms with Gasteiger partial charge in [-0.2, -0.15) is 0 Å². The monoisotopic (exact) mass is 482 g/mol. The minimum Gasteiger partial charge on any atom is -0.333 e. The van der Waals surface area contributed by atoms with E-state index in [1.807, 2.05) is 34.5 Å². The van der Waals surface area contributed by atoms with Crippen LogP contribution in [0.15, 0.2) is 55.8 Å². The van der Waals surface area contributed by atoms with Crippen LogP contribution in [-0.2, 0) is 23.0 Å². The van der Waals surface area contributed by atoms with Crippen molar-refractivity contribution in [3.63, 3.8) is 0 Å². The van der Waals surface area contributed by atoms with Crippen molar-refractivity contribution in [2.45, 2.75) is 17.2 Å². The largest absolute Gasteiger partial charge is 0.333 e. The molecular weight excluding hydrogens is 468 g/mol. The molecule has 0 radical (unpaired) electrons. The van der Waals surface area contributed by atoms with E-state index in [0.29, 0.717) is 18.8 Å². The second-order valence-electron chi connectivity index (χ2n) is 6.10. The number of rotatable bonds is 4. The van der Waals surface area contributed by atoms with Crippen LogP contribution >= 0.6 is 38.6 Å². The molecule has 1 aliphatic rings. The maximum absolute atomic E-state index is 12.6. The van der Waals surface area contributed by atoms with Gasteiger partial charge in [-0.05, 0) is 69.2 Å². The summed E-state index contributed by atoms with van der Waals surface area (Å²) in [5.74, 6) is 0.0186. The highest BCUT2D eigenvalue weighted by molar-refractivity contribution is 9.11. The van der Waals surface area contributed by atoms with E-state index < -0.39 is 10.0 Å². The van der Waals surface area contributed by atoms with E-state index in [0.717, 1.165) is 37.5 Å². The van der Waals surface area contributed by atoms with Crippen molar-refractivity contribution >= 4 is 60.2 Å². The second-order valence-corrected chi connectivity index (χ2v) is 11.4. The Bertz CT molecular complexity index is 1090. The summed E-state index contributed by atoms with van der Waals surface area (Å²) in [6.07, 6.45) is 0.761. The molecule has 1 amide bonds. The van der Waals surface area contributed by atoms with Crippen molar-refractivity contribution in [2.24, 2.45) is 0 Å². The summed E-state index contributed by atoms with van der Waals surface area (Å²) in [6.45, 7) is 1.14. The average molecular weight is 483 g/mol. The maximum Gasteiger partial charge on any atom is 0.271 e. The standard InChI is InChI=1S/C18H15BrN2O3S3/c19-16-5-6-17(26-16)27(23,24)20-14-4-3-12-7-8-21(11-13(12)10-14)18(22)15-2-1-9-25-15/h1-6,9-10,20H,7-8,11H2. The van der Waals surface area contributed by atoms with E-state index >= 15 is 0 Å². The average Bonchev–Trinajstić information content (AvgIpc) is 3.32. The Hall–Kier alpha value is -1.68. The molecule has 140 valence electrons. The van der Waals surface area contributed by atoms with Crippen LogP contribution in [0.2, 0.25) is 0 Å². The summed E-state index contributed by atoms with van der Waals surface area (Å²) in [5, 5.41) is 1.89. The van der Waals surface area contributed by atoms with E-state index in [-0.39, 0.29) is 10.1 Å². The molecule has 3 heterocycles. The number of anilines is 1. The lowest BCUT2D eigenvalue weighted by molar-refractivity contribution is 0.0739. The molecule has 1 N–H and O–H groups in total. The Morgan fingerprint density at radius 2 is 2.00 bits per heavy atom. The highest BCUT2D eigenvalue weighted by Gasteiger charge is 2.23. The summed E-state index contributed by atoms with van der Waals surface area (Å²) < 4.78 is 28.7. The van der Waals surface area contributed by atoms with Gasteiger partial charge in [0.05, 0.1) is 8.66 Å². The zero-order valence-corrected chi connectivity index (χ0v) is 18.1. The first-order valence-corrected chi connectivity index (χ1v) is 12.1. The van der Waals surface area contributed by atoms with Crippen molar-refractivity contribution in [3.05, 3.63) is 67.6 Å². The third-order valence-electron chi connectivity index (χ3n) is 4.30. The molecule has 0 spiro atoms. The van der Waals surface area contributed by atoms with Crippen molar-refractivity contribution in [1.29, 1.82) is 0 Å². The van der Waals surface area contributed by atoms with Gasteiger partial charge in [-0.1, -0.05) is 12.1 Å². The van der Waals surface area contributed by atoms with Crippen LogP contribution in [0.25, 0.3) is 0 Å². The minimum absolute atomic E-state index is 0.0186. The van der Waals surface area contributed by atoms with Crippen LogP contribution in [-0.4, -0.2) is 25.8 Å². The molecule has 0 aliphatic carbocycles. The molecule has 1 aliphatic heterocycles. The molecule has 1 aromatic carbocycles. The van der Waals surface area contributed by atoms with Gasteiger partial charge < -0.3 is 4.90 Å². The predicted octanol–water partition coefficient (Wildman–Crippen LogP) is 4.57. The number of fused-ring (bicyclic) bond motifs is 1. The molecule has 9 heteroatoms. The Morgan fingerprint density at radius 3 is 2.70 bits per heavy atom. The molecule has 4 rings (SSSR count). The number of thiophene rings is 2. The Morgan fingerprint density at radius 1 is 1.15 bits per heavy atom. The predicted molar refractivity (Wildman–Crippen MR) is 112 cm³/mol. The molecule has 0 saturated carbocycles.